The third kappa shape index (κ3) is 3.25. The van der Waals surface area contributed by atoms with Crippen LogP contribution in [0.1, 0.15) is 5.69 Å². The van der Waals surface area contributed by atoms with Crippen LogP contribution >= 0.6 is 11.3 Å². The lowest BCUT2D eigenvalue weighted by Crippen LogP contribution is -2.01. The standard InChI is InChI=1S/C16H12F2N2S/c17-12-7-5-11(6-8-12)16-20-13(10-21-16)9-19-15-4-2-1-3-14(15)18/h1-8,10,19H,9H2. The quantitative estimate of drug-likeness (QED) is 0.755. The molecule has 1 N–H and O–H groups in total. The van der Waals surface area contributed by atoms with E-state index >= 15 is 0 Å². The van der Waals surface area contributed by atoms with Gasteiger partial charge in [0.1, 0.15) is 16.6 Å². The fourth-order valence-electron chi connectivity index (χ4n) is 1.90. The van der Waals surface area contributed by atoms with E-state index in [9.17, 15) is 8.78 Å². The van der Waals surface area contributed by atoms with Gasteiger partial charge in [-0.3, -0.25) is 0 Å². The number of anilines is 1. The highest BCUT2D eigenvalue weighted by Crippen LogP contribution is 2.24. The molecular weight excluding hydrogens is 290 g/mol. The minimum absolute atomic E-state index is 0.267. The number of nitrogens with zero attached hydrogens (tertiary/aromatic N) is 1. The van der Waals surface area contributed by atoms with Gasteiger partial charge in [0.15, 0.2) is 0 Å². The summed E-state index contributed by atoms with van der Waals surface area (Å²) in [4.78, 5) is 4.47. The molecule has 1 heterocycles. The number of rotatable bonds is 4. The van der Waals surface area contributed by atoms with Crippen molar-refractivity contribution in [1.82, 2.24) is 4.98 Å². The molecule has 2 aromatic carbocycles. The highest BCUT2D eigenvalue weighted by Gasteiger charge is 2.06. The monoisotopic (exact) mass is 302 g/mol. The molecule has 0 atom stereocenters. The highest BCUT2D eigenvalue weighted by atomic mass is 32.1. The summed E-state index contributed by atoms with van der Waals surface area (Å²) in [5, 5.41) is 5.74. The Kier molecular flexibility index (Phi) is 3.92. The van der Waals surface area contributed by atoms with Crippen molar-refractivity contribution in [2.24, 2.45) is 0 Å². The summed E-state index contributed by atoms with van der Waals surface area (Å²) >= 11 is 1.48. The summed E-state index contributed by atoms with van der Waals surface area (Å²) in [6.45, 7) is 0.443. The fourth-order valence-corrected chi connectivity index (χ4v) is 2.73. The van der Waals surface area contributed by atoms with Gasteiger partial charge in [-0.25, -0.2) is 13.8 Å². The molecule has 0 aliphatic carbocycles. The molecule has 0 saturated carbocycles. The second-order valence-corrected chi connectivity index (χ2v) is 5.34. The third-order valence-electron chi connectivity index (χ3n) is 2.98. The summed E-state index contributed by atoms with van der Waals surface area (Å²) in [5.74, 6) is -0.553. The topological polar surface area (TPSA) is 24.9 Å². The van der Waals surface area contributed by atoms with Gasteiger partial charge in [0.2, 0.25) is 0 Å². The van der Waals surface area contributed by atoms with Gasteiger partial charge in [-0.2, -0.15) is 0 Å². The maximum atomic E-state index is 13.5. The number of aromatic nitrogens is 1. The van der Waals surface area contributed by atoms with Crippen LogP contribution in [-0.4, -0.2) is 4.98 Å². The maximum Gasteiger partial charge on any atom is 0.146 e. The Labute approximate surface area is 125 Å². The molecule has 0 unspecified atom stereocenters. The molecule has 0 radical (unpaired) electrons. The minimum Gasteiger partial charge on any atom is -0.377 e. The van der Waals surface area contributed by atoms with Crippen molar-refractivity contribution < 1.29 is 8.78 Å². The molecular formula is C16H12F2N2S. The Morgan fingerprint density at radius 2 is 1.76 bits per heavy atom. The van der Waals surface area contributed by atoms with Crippen LogP contribution in [0.5, 0.6) is 0 Å². The first-order valence-electron chi connectivity index (χ1n) is 6.41. The van der Waals surface area contributed by atoms with Gasteiger partial charge in [0.25, 0.3) is 0 Å². The van der Waals surface area contributed by atoms with Gasteiger partial charge < -0.3 is 5.32 Å². The van der Waals surface area contributed by atoms with Crippen molar-refractivity contribution in [2.75, 3.05) is 5.32 Å². The molecule has 0 aliphatic heterocycles. The van der Waals surface area contributed by atoms with Crippen molar-refractivity contribution in [3.63, 3.8) is 0 Å². The molecule has 3 rings (SSSR count). The molecule has 0 bridgehead atoms. The zero-order valence-electron chi connectivity index (χ0n) is 11.0. The largest absolute Gasteiger partial charge is 0.377 e. The number of thiazole rings is 1. The molecule has 21 heavy (non-hydrogen) atoms. The third-order valence-corrected chi connectivity index (χ3v) is 3.92. The van der Waals surface area contributed by atoms with Crippen LogP contribution in [0.2, 0.25) is 0 Å². The van der Waals surface area contributed by atoms with E-state index in [0.29, 0.717) is 12.2 Å². The van der Waals surface area contributed by atoms with Gasteiger partial charge >= 0.3 is 0 Å². The molecule has 0 fully saturated rings. The number of halogens is 2. The van der Waals surface area contributed by atoms with Gasteiger partial charge in [0.05, 0.1) is 17.9 Å². The van der Waals surface area contributed by atoms with E-state index in [4.69, 9.17) is 0 Å². The summed E-state index contributed by atoms with van der Waals surface area (Å²) in [5.41, 5.74) is 2.15. The van der Waals surface area contributed by atoms with E-state index in [1.54, 1.807) is 30.3 Å². The average Bonchev–Trinajstić information content (AvgIpc) is 2.96. The van der Waals surface area contributed by atoms with E-state index < -0.39 is 0 Å². The summed E-state index contributed by atoms with van der Waals surface area (Å²) in [6, 6.07) is 12.7. The number of benzene rings is 2. The number of hydrogen-bond acceptors (Lipinski definition) is 3. The lowest BCUT2D eigenvalue weighted by molar-refractivity contribution is 0.628. The minimum atomic E-state index is -0.286. The first-order valence-corrected chi connectivity index (χ1v) is 7.29. The van der Waals surface area contributed by atoms with Crippen molar-refractivity contribution in [1.29, 1.82) is 0 Å². The Bertz CT molecular complexity index is 738. The van der Waals surface area contributed by atoms with Crippen LogP contribution in [0.15, 0.2) is 53.9 Å². The molecule has 5 heteroatoms. The van der Waals surface area contributed by atoms with E-state index in [2.05, 4.69) is 10.3 Å². The predicted molar refractivity (Wildman–Crippen MR) is 81.2 cm³/mol. The lowest BCUT2D eigenvalue weighted by atomic mass is 10.2. The molecule has 1 aromatic heterocycles. The van der Waals surface area contributed by atoms with Gasteiger partial charge in [-0.1, -0.05) is 12.1 Å². The van der Waals surface area contributed by atoms with Crippen molar-refractivity contribution in [3.05, 3.63) is 71.2 Å². The molecule has 3 aromatic rings. The summed E-state index contributed by atoms with van der Waals surface area (Å²) in [6.07, 6.45) is 0. The summed E-state index contributed by atoms with van der Waals surface area (Å²) < 4.78 is 26.4. The van der Waals surface area contributed by atoms with Crippen LogP contribution in [0.4, 0.5) is 14.5 Å². The van der Waals surface area contributed by atoms with E-state index in [1.807, 2.05) is 5.38 Å². The molecule has 0 spiro atoms. The van der Waals surface area contributed by atoms with Crippen LogP contribution < -0.4 is 5.32 Å². The zero-order valence-corrected chi connectivity index (χ0v) is 11.8. The molecule has 2 nitrogen and oxygen atoms in total. The van der Waals surface area contributed by atoms with Crippen molar-refractivity contribution in [2.45, 2.75) is 6.54 Å². The van der Waals surface area contributed by atoms with Crippen LogP contribution in [0.3, 0.4) is 0 Å². The highest BCUT2D eigenvalue weighted by molar-refractivity contribution is 7.13. The van der Waals surface area contributed by atoms with E-state index in [0.717, 1.165) is 16.3 Å². The van der Waals surface area contributed by atoms with Crippen LogP contribution in [0, 0.1) is 11.6 Å². The molecule has 106 valence electrons. The zero-order chi connectivity index (χ0) is 14.7. The predicted octanol–water partition coefficient (Wildman–Crippen LogP) is 4.70. The number of hydrogen-bond donors (Lipinski definition) is 1. The lowest BCUT2D eigenvalue weighted by Gasteiger charge is -2.04. The Hall–Kier alpha value is -2.27. The second kappa shape index (κ2) is 6.01. The normalized spacial score (nSPS) is 10.6. The van der Waals surface area contributed by atoms with Crippen molar-refractivity contribution >= 4 is 17.0 Å². The fraction of sp³-hybridized carbons (Fsp3) is 0.0625. The maximum absolute atomic E-state index is 13.5. The molecule has 0 amide bonds. The van der Waals surface area contributed by atoms with Crippen molar-refractivity contribution in [3.8, 4) is 10.6 Å². The van der Waals surface area contributed by atoms with Gasteiger partial charge in [-0.15, -0.1) is 11.3 Å². The smallest absolute Gasteiger partial charge is 0.146 e. The Morgan fingerprint density at radius 3 is 2.52 bits per heavy atom. The van der Waals surface area contributed by atoms with Gasteiger partial charge in [0, 0.05) is 10.9 Å². The molecule has 0 aliphatic rings. The van der Waals surface area contributed by atoms with Gasteiger partial charge in [-0.05, 0) is 36.4 Å². The second-order valence-electron chi connectivity index (χ2n) is 4.48. The SMILES string of the molecule is Fc1ccc(-c2nc(CNc3ccccc3F)cs2)cc1. The molecule has 0 saturated heterocycles. The van der Waals surface area contributed by atoms with Crippen LogP contribution in [0.25, 0.3) is 10.6 Å². The number of nitrogens with one attached hydrogen (secondary N) is 1. The first kappa shape index (κ1) is 13.7. The number of para-hydroxylation sites is 1. The Morgan fingerprint density at radius 1 is 1.00 bits per heavy atom. The van der Waals surface area contributed by atoms with E-state index in [1.165, 1.54) is 29.5 Å². The average molecular weight is 302 g/mol. The Balaban J connectivity index is 1.71. The summed E-state index contributed by atoms with van der Waals surface area (Å²) in [7, 11) is 0. The van der Waals surface area contributed by atoms with E-state index in [-0.39, 0.29) is 11.6 Å². The van der Waals surface area contributed by atoms with Crippen LogP contribution in [-0.2, 0) is 6.54 Å². The first-order chi connectivity index (χ1) is 10.2.